The molecule has 0 aliphatic carbocycles. The fourth-order valence-electron chi connectivity index (χ4n) is 2.71. The number of piperidine rings is 1. The summed E-state index contributed by atoms with van der Waals surface area (Å²) in [6.07, 6.45) is 2.62. The molecule has 2 nitrogen and oxygen atoms in total. The second-order valence-electron chi connectivity index (χ2n) is 5.31. The van der Waals surface area contributed by atoms with Crippen LogP contribution in [0.3, 0.4) is 0 Å². The van der Waals surface area contributed by atoms with E-state index in [1.54, 1.807) is 0 Å². The van der Waals surface area contributed by atoms with Crippen LogP contribution in [0.5, 0.6) is 0 Å². The highest BCUT2D eigenvalue weighted by Crippen LogP contribution is 2.24. The van der Waals surface area contributed by atoms with Gasteiger partial charge in [0.1, 0.15) is 0 Å². The average Bonchev–Trinajstić information content (AvgIpc) is 2.40. The van der Waals surface area contributed by atoms with E-state index in [1.165, 1.54) is 31.5 Å². The van der Waals surface area contributed by atoms with Crippen LogP contribution in [0.1, 0.15) is 25.3 Å². The fraction of sp³-hybridized carbons (Fsp3) is 0.600. The molecule has 0 aromatic heterocycles. The van der Waals surface area contributed by atoms with Crippen molar-refractivity contribution in [2.75, 3.05) is 19.6 Å². The molecule has 2 heteroatoms. The molecule has 1 aromatic carbocycles. The zero-order chi connectivity index (χ0) is 12.1. The molecule has 0 spiro atoms. The fourth-order valence-corrected chi connectivity index (χ4v) is 2.71. The Hall–Kier alpha value is -0.860. The largest absolute Gasteiger partial charge is 0.330 e. The van der Waals surface area contributed by atoms with E-state index < -0.39 is 0 Å². The molecule has 17 heavy (non-hydrogen) atoms. The van der Waals surface area contributed by atoms with Crippen molar-refractivity contribution < 1.29 is 0 Å². The van der Waals surface area contributed by atoms with E-state index in [2.05, 4.69) is 42.2 Å². The minimum atomic E-state index is 0.689. The molecule has 0 radical (unpaired) electrons. The zero-order valence-electron chi connectivity index (χ0n) is 10.8. The van der Waals surface area contributed by atoms with Crippen LogP contribution < -0.4 is 5.73 Å². The SMILES string of the molecule is CC(CN)C1CCN(Cc2ccccc2)CC1. The van der Waals surface area contributed by atoms with Crippen molar-refractivity contribution in [1.29, 1.82) is 0 Å². The van der Waals surface area contributed by atoms with Gasteiger partial charge in [0.15, 0.2) is 0 Å². The Balaban J connectivity index is 1.80. The van der Waals surface area contributed by atoms with Gasteiger partial charge in [-0.15, -0.1) is 0 Å². The summed E-state index contributed by atoms with van der Waals surface area (Å²) in [5.74, 6) is 1.53. The number of benzene rings is 1. The Morgan fingerprint density at radius 1 is 1.24 bits per heavy atom. The summed E-state index contributed by atoms with van der Waals surface area (Å²) in [6, 6.07) is 10.8. The molecule has 0 saturated carbocycles. The van der Waals surface area contributed by atoms with Crippen molar-refractivity contribution in [2.24, 2.45) is 17.6 Å². The van der Waals surface area contributed by atoms with Crippen LogP contribution >= 0.6 is 0 Å². The van der Waals surface area contributed by atoms with Crippen LogP contribution in [0.4, 0.5) is 0 Å². The first-order chi connectivity index (χ1) is 8.29. The molecule has 94 valence electrons. The van der Waals surface area contributed by atoms with Crippen LogP contribution in [0.15, 0.2) is 30.3 Å². The van der Waals surface area contributed by atoms with Crippen molar-refractivity contribution in [3.63, 3.8) is 0 Å². The van der Waals surface area contributed by atoms with Crippen LogP contribution in [0.2, 0.25) is 0 Å². The van der Waals surface area contributed by atoms with Crippen LogP contribution in [0, 0.1) is 11.8 Å². The molecule has 0 bridgehead atoms. The number of hydrogen-bond donors (Lipinski definition) is 1. The molecule has 1 aromatic rings. The van der Waals surface area contributed by atoms with Crippen molar-refractivity contribution >= 4 is 0 Å². The lowest BCUT2D eigenvalue weighted by molar-refractivity contribution is 0.149. The molecule has 1 unspecified atom stereocenters. The van der Waals surface area contributed by atoms with E-state index >= 15 is 0 Å². The maximum atomic E-state index is 5.75. The van der Waals surface area contributed by atoms with Gasteiger partial charge < -0.3 is 5.73 Å². The van der Waals surface area contributed by atoms with Crippen molar-refractivity contribution in [3.8, 4) is 0 Å². The number of nitrogens with two attached hydrogens (primary N) is 1. The minimum Gasteiger partial charge on any atom is -0.330 e. The van der Waals surface area contributed by atoms with Crippen LogP contribution in [-0.2, 0) is 6.54 Å². The number of nitrogens with zero attached hydrogens (tertiary/aromatic N) is 1. The van der Waals surface area contributed by atoms with E-state index in [4.69, 9.17) is 5.73 Å². The molecular weight excluding hydrogens is 208 g/mol. The Labute approximate surface area is 105 Å². The third-order valence-electron chi connectivity index (χ3n) is 4.06. The quantitative estimate of drug-likeness (QED) is 0.864. The summed E-state index contributed by atoms with van der Waals surface area (Å²) < 4.78 is 0. The molecule has 1 aliphatic heterocycles. The lowest BCUT2D eigenvalue weighted by Crippen LogP contribution is -2.36. The number of likely N-dealkylation sites (tertiary alicyclic amines) is 1. The van der Waals surface area contributed by atoms with E-state index in [0.717, 1.165) is 19.0 Å². The number of rotatable bonds is 4. The summed E-state index contributed by atoms with van der Waals surface area (Å²) in [7, 11) is 0. The maximum absolute atomic E-state index is 5.75. The van der Waals surface area contributed by atoms with Gasteiger partial charge in [-0.3, -0.25) is 4.90 Å². The van der Waals surface area contributed by atoms with Gasteiger partial charge in [-0.25, -0.2) is 0 Å². The standard InChI is InChI=1S/C15H24N2/c1-13(11-16)15-7-9-17(10-8-15)12-14-5-3-2-4-6-14/h2-6,13,15H,7-12,16H2,1H3. The molecule has 1 atom stereocenters. The molecule has 2 N–H and O–H groups in total. The minimum absolute atomic E-state index is 0.689. The Bertz CT molecular complexity index is 315. The van der Waals surface area contributed by atoms with Crippen molar-refractivity contribution in [3.05, 3.63) is 35.9 Å². The van der Waals surface area contributed by atoms with E-state index in [-0.39, 0.29) is 0 Å². The average molecular weight is 232 g/mol. The number of hydrogen-bond acceptors (Lipinski definition) is 2. The molecule has 1 heterocycles. The van der Waals surface area contributed by atoms with Gasteiger partial charge in [0.2, 0.25) is 0 Å². The second kappa shape index (κ2) is 6.18. The van der Waals surface area contributed by atoms with E-state index in [0.29, 0.717) is 5.92 Å². The van der Waals surface area contributed by atoms with E-state index in [1.807, 2.05) is 0 Å². The smallest absolute Gasteiger partial charge is 0.0233 e. The summed E-state index contributed by atoms with van der Waals surface area (Å²) in [4.78, 5) is 2.56. The lowest BCUT2D eigenvalue weighted by Gasteiger charge is -2.34. The van der Waals surface area contributed by atoms with Crippen LogP contribution in [-0.4, -0.2) is 24.5 Å². The normalized spacial score (nSPS) is 20.4. The Kier molecular flexibility index (Phi) is 4.57. The predicted molar refractivity (Wildman–Crippen MR) is 72.7 cm³/mol. The van der Waals surface area contributed by atoms with E-state index in [9.17, 15) is 0 Å². The summed E-state index contributed by atoms with van der Waals surface area (Å²) in [6.45, 7) is 6.68. The van der Waals surface area contributed by atoms with Gasteiger partial charge in [-0.2, -0.15) is 0 Å². The van der Waals surface area contributed by atoms with Gasteiger partial charge >= 0.3 is 0 Å². The topological polar surface area (TPSA) is 29.3 Å². The zero-order valence-corrected chi connectivity index (χ0v) is 10.8. The lowest BCUT2D eigenvalue weighted by atomic mass is 9.85. The first-order valence-electron chi connectivity index (χ1n) is 6.76. The summed E-state index contributed by atoms with van der Waals surface area (Å²) in [5, 5.41) is 0. The van der Waals surface area contributed by atoms with Gasteiger partial charge in [0.05, 0.1) is 0 Å². The van der Waals surface area contributed by atoms with Crippen molar-refractivity contribution in [2.45, 2.75) is 26.3 Å². The maximum Gasteiger partial charge on any atom is 0.0233 e. The highest BCUT2D eigenvalue weighted by atomic mass is 15.1. The molecular formula is C15H24N2. The first-order valence-corrected chi connectivity index (χ1v) is 6.76. The molecule has 0 amide bonds. The molecule has 1 saturated heterocycles. The van der Waals surface area contributed by atoms with Gasteiger partial charge in [-0.05, 0) is 49.9 Å². The highest BCUT2D eigenvalue weighted by Gasteiger charge is 2.22. The Morgan fingerprint density at radius 3 is 2.47 bits per heavy atom. The van der Waals surface area contributed by atoms with Gasteiger partial charge in [0.25, 0.3) is 0 Å². The molecule has 1 aliphatic rings. The predicted octanol–water partition coefficient (Wildman–Crippen LogP) is 2.49. The van der Waals surface area contributed by atoms with Crippen molar-refractivity contribution in [1.82, 2.24) is 4.90 Å². The summed E-state index contributed by atoms with van der Waals surface area (Å²) in [5.41, 5.74) is 7.18. The van der Waals surface area contributed by atoms with Crippen LogP contribution in [0.25, 0.3) is 0 Å². The second-order valence-corrected chi connectivity index (χ2v) is 5.31. The monoisotopic (exact) mass is 232 g/mol. The van der Waals surface area contributed by atoms with Gasteiger partial charge in [0, 0.05) is 6.54 Å². The third-order valence-corrected chi connectivity index (χ3v) is 4.06. The van der Waals surface area contributed by atoms with Gasteiger partial charge in [-0.1, -0.05) is 37.3 Å². The first kappa shape index (κ1) is 12.6. The summed E-state index contributed by atoms with van der Waals surface area (Å²) >= 11 is 0. The Morgan fingerprint density at radius 2 is 1.88 bits per heavy atom. The molecule has 1 fully saturated rings. The molecule has 2 rings (SSSR count). The highest BCUT2D eigenvalue weighted by molar-refractivity contribution is 5.14. The third kappa shape index (κ3) is 3.55.